The van der Waals surface area contributed by atoms with Crippen LogP contribution in [-0.2, 0) is 4.74 Å². The topological polar surface area (TPSA) is 45.5 Å². The van der Waals surface area contributed by atoms with Crippen molar-refractivity contribution in [2.75, 3.05) is 18.0 Å². The van der Waals surface area contributed by atoms with Gasteiger partial charge in [0, 0.05) is 42.1 Å². The summed E-state index contributed by atoms with van der Waals surface area (Å²) < 4.78 is 12.0. The molecule has 0 radical (unpaired) electrons. The van der Waals surface area contributed by atoms with E-state index in [0.717, 1.165) is 52.8 Å². The van der Waals surface area contributed by atoms with Crippen molar-refractivity contribution in [1.29, 1.82) is 5.26 Å². The minimum absolute atomic E-state index is 0.657. The van der Waals surface area contributed by atoms with Gasteiger partial charge < -0.3 is 14.4 Å². The molecule has 0 saturated heterocycles. The average molecular weight is 374 g/mol. The number of nitrogens with zero attached hydrogens (tertiary/aromatic N) is 2. The molecule has 0 bridgehead atoms. The number of hydrogen-bond acceptors (Lipinski definition) is 4. The standard InChI is InChI=1S/C24H26N2O2/c1-6-26(7-2)20-8-9-23-16(3)10-21(28-24(23)13-20)14-22-12-19(17(4)15-25)11-18(5)27-22/h8-14H,6-7H2,1-5H3/b19-17-,21-14+. The summed E-state index contributed by atoms with van der Waals surface area (Å²) in [5, 5.41) is 9.18. The van der Waals surface area contributed by atoms with Gasteiger partial charge in [0.15, 0.2) is 0 Å². The average Bonchev–Trinajstić information content (AvgIpc) is 2.67. The fourth-order valence-corrected chi connectivity index (χ4v) is 3.38. The van der Waals surface area contributed by atoms with E-state index in [-0.39, 0.29) is 0 Å². The van der Waals surface area contributed by atoms with Crippen molar-refractivity contribution >= 4 is 11.3 Å². The van der Waals surface area contributed by atoms with E-state index in [0.29, 0.717) is 11.3 Å². The Morgan fingerprint density at radius 2 is 1.86 bits per heavy atom. The second kappa shape index (κ2) is 8.22. The number of ether oxygens (including phenoxy) is 2. The molecule has 0 fully saturated rings. The Labute approximate surface area is 167 Å². The molecule has 4 nitrogen and oxygen atoms in total. The molecule has 1 aromatic rings. The van der Waals surface area contributed by atoms with Crippen LogP contribution in [-0.4, -0.2) is 13.1 Å². The third-order valence-electron chi connectivity index (χ3n) is 4.93. The van der Waals surface area contributed by atoms with Gasteiger partial charge in [-0.3, -0.25) is 0 Å². The summed E-state index contributed by atoms with van der Waals surface area (Å²) in [5.74, 6) is 2.98. The van der Waals surface area contributed by atoms with Crippen molar-refractivity contribution in [2.45, 2.75) is 34.6 Å². The SMILES string of the molecule is CCN(CC)c1ccc2c(c1)O/C(=C/C1=CC(=C(/C)C#N)/C=C(C)O1)C=C2C. The molecule has 144 valence electrons. The number of fused-ring (bicyclic) bond motifs is 1. The Hall–Kier alpha value is -3.19. The highest BCUT2D eigenvalue weighted by atomic mass is 16.5. The minimum atomic E-state index is 0.657. The van der Waals surface area contributed by atoms with Crippen molar-refractivity contribution < 1.29 is 9.47 Å². The normalized spacial score (nSPS) is 18.7. The number of rotatable bonds is 4. The number of anilines is 1. The van der Waals surface area contributed by atoms with Crippen LogP contribution in [0.15, 0.2) is 70.9 Å². The van der Waals surface area contributed by atoms with Crippen molar-refractivity contribution in [1.82, 2.24) is 0 Å². The highest BCUT2D eigenvalue weighted by Gasteiger charge is 2.17. The Bertz CT molecular complexity index is 980. The molecule has 1 aromatic carbocycles. The predicted octanol–water partition coefficient (Wildman–Crippen LogP) is 5.87. The first kappa shape index (κ1) is 19.6. The van der Waals surface area contributed by atoms with Crippen molar-refractivity contribution in [3.63, 3.8) is 0 Å². The van der Waals surface area contributed by atoms with E-state index >= 15 is 0 Å². The van der Waals surface area contributed by atoms with Gasteiger partial charge in [-0.25, -0.2) is 0 Å². The molecule has 2 aliphatic rings. The molecule has 0 N–H and O–H groups in total. The Morgan fingerprint density at radius 1 is 1.11 bits per heavy atom. The molecule has 28 heavy (non-hydrogen) atoms. The highest BCUT2D eigenvalue weighted by Crippen LogP contribution is 2.36. The zero-order valence-electron chi connectivity index (χ0n) is 17.2. The van der Waals surface area contributed by atoms with Crippen LogP contribution >= 0.6 is 0 Å². The Balaban J connectivity index is 1.95. The van der Waals surface area contributed by atoms with Crippen molar-refractivity contribution in [2.24, 2.45) is 0 Å². The van der Waals surface area contributed by atoms with Crippen LogP contribution in [0.4, 0.5) is 5.69 Å². The third kappa shape index (κ3) is 4.04. The maximum atomic E-state index is 9.18. The second-order valence-electron chi connectivity index (χ2n) is 6.92. The van der Waals surface area contributed by atoms with Gasteiger partial charge in [-0.1, -0.05) is 0 Å². The highest BCUT2D eigenvalue weighted by molar-refractivity contribution is 5.76. The smallest absolute Gasteiger partial charge is 0.136 e. The lowest BCUT2D eigenvalue weighted by Gasteiger charge is -2.25. The molecule has 2 aliphatic heterocycles. The van der Waals surface area contributed by atoms with E-state index in [2.05, 4.69) is 49.9 Å². The molecular weight excluding hydrogens is 348 g/mol. The largest absolute Gasteiger partial charge is 0.462 e. The second-order valence-corrected chi connectivity index (χ2v) is 6.92. The van der Waals surface area contributed by atoms with Crippen molar-refractivity contribution in [3.8, 4) is 11.8 Å². The summed E-state index contributed by atoms with van der Waals surface area (Å²) in [5.41, 5.74) is 4.91. The molecule has 4 heteroatoms. The van der Waals surface area contributed by atoms with Crippen LogP contribution in [0.1, 0.15) is 40.2 Å². The van der Waals surface area contributed by atoms with Crippen LogP contribution in [0.3, 0.4) is 0 Å². The molecule has 0 atom stereocenters. The van der Waals surface area contributed by atoms with E-state index < -0.39 is 0 Å². The molecule has 0 saturated carbocycles. The van der Waals surface area contributed by atoms with Crippen LogP contribution in [0.25, 0.3) is 5.57 Å². The first-order valence-corrected chi connectivity index (χ1v) is 9.61. The summed E-state index contributed by atoms with van der Waals surface area (Å²) in [6, 6.07) is 8.55. The van der Waals surface area contributed by atoms with E-state index in [1.165, 1.54) is 0 Å². The first-order valence-electron chi connectivity index (χ1n) is 9.61. The van der Waals surface area contributed by atoms with Crippen LogP contribution in [0.5, 0.6) is 5.75 Å². The summed E-state index contributed by atoms with van der Waals surface area (Å²) in [6.07, 6.45) is 7.62. The van der Waals surface area contributed by atoms with Crippen LogP contribution in [0, 0.1) is 11.3 Å². The van der Waals surface area contributed by atoms with Crippen molar-refractivity contribution in [3.05, 3.63) is 76.5 Å². The zero-order valence-corrected chi connectivity index (χ0v) is 17.2. The first-order chi connectivity index (χ1) is 13.4. The molecular formula is C24H26N2O2. The van der Waals surface area contributed by atoms with Gasteiger partial charge in [-0.2, -0.15) is 5.26 Å². The molecule has 0 amide bonds. The zero-order chi connectivity index (χ0) is 20.3. The lowest BCUT2D eigenvalue weighted by molar-refractivity contribution is 0.313. The fraction of sp³-hybridized carbons (Fsp3) is 0.292. The Morgan fingerprint density at radius 3 is 2.54 bits per heavy atom. The predicted molar refractivity (Wildman–Crippen MR) is 114 cm³/mol. The maximum absolute atomic E-state index is 9.18. The molecule has 2 heterocycles. The van der Waals surface area contributed by atoms with Gasteiger partial charge in [0.25, 0.3) is 0 Å². The van der Waals surface area contributed by atoms with E-state index in [9.17, 15) is 5.26 Å². The lowest BCUT2D eigenvalue weighted by atomic mass is 10.0. The number of hydrogen-bond donors (Lipinski definition) is 0. The third-order valence-corrected chi connectivity index (χ3v) is 4.93. The summed E-state index contributed by atoms with van der Waals surface area (Å²) in [4.78, 5) is 2.29. The van der Waals surface area contributed by atoms with Gasteiger partial charge in [0.05, 0.1) is 6.07 Å². The summed E-state index contributed by atoms with van der Waals surface area (Å²) in [7, 11) is 0. The number of nitriles is 1. The molecule has 0 aromatic heterocycles. The minimum Gasteiger partial charge on any atom is -0.462 e. The quantitative estimate of drug-likeness (QED) is 0.618. The van der Waals surface area contributed by atoms with Gasteiger partial charge >= 0.3 is 0 Å². The van der Waals surface area contributed by atoms with E-state index in [4.69, 9.17) is 9.47 Å². The van der Waals surface area contributed by atoms with Gasteiger partial charge in [-0.15, -0.1) is 0 Å². The van der Waals surface area contributed by atoms with E-state index in [1.54, 1.807) is 6.92 Å². The van der Waals surface area contributed by atoms with Gasteiger partial charge in [-0.05, 0) is 76.1 Å². The lowest BCUT2D eigenvalue weighted by Crippen LogP contribution is -2.21. The molecule has 3 rings (SSSR count). The summed E-state index contributed by atoms with van der Waals surface area (Å²) >= 11 is 0. The van der Waals surface area contributed by atoms with E-state index in [1.807, 2.05) is 31.2 Å². The Kier molecular flexibility index (Phi) is 5.75. The number of allylic oxidation sites excluding steroid dienone is 8. The monoisotopic (exact) mass is 374 g/mol. The van der Waals surface area contributed by atoms with Gasteiger partial charge in [0.1, 0.15) is 23.0 Å². The van der Waals surface area contributed by atoms with Crippen LogP contribution in [0.2, 0.25) is 0 Å². The number of benzene rings is 1. The molecule has 0 unspecified atom stereocenters. The van der Waals surface area contributed by atoms with Crippen LogP contribution < -0.4 is 9.64 Å². The van der Waals surface area contributed by atoms with Gasteiger partial charge in [0.2, 0.25) is 0 Å². The summed E-state index contributed by atoms with van der Waals surface area (Å²) in [6.45, 7) is 12.0. The molecule has 0 spiro atoms. The fourth-order valence-electron chi connectivity index (χ4n) is 3.38. The molecule has 0 aliphatic carbocycles. The maximum Gasteiger partial charge on any atom is 0.136 e.